The molecule has 0 aromatic rings. The Kier molecular flexibility index (Phi) is 5.67. The second kappa shape index (κ2) is 5.97. The van der Waals surface area contributed by atoms with Gasteiger partial charge in [0.05, 0.1) is 12.0 Å². The third-order valence-corrected chi connectivity index (χ3v) is 2.32. The highest BCUT2D eigenvalue weighted by atomic mass is 32.1. The molecule has 0 saturated carbocycles. The van der Waals surface area contributed by atoms with Crippen molar-refractivity contribution in [2.45, 2.75) is 31.9 Å². The van der Waals surface area contributed by atoms with E-state index in [1.165, 1.54) is 7.11 Å². The summed E-state index contributed by atoms with van der Waals surface area (Å²) in [5.41, 5.74) is -0.594. The Hall–Kier alpha value is -0.750. The number of hydrogen-bond acceptors (Lipinski definition) is 4. The maximum Gasteiger partial charge on any atom is 0.327 e. The molecule has 1 atom stereocenters. The monoisotopic (exact) mass is 235 g/mol. The Labute approximate surface area is 94.6 Å². The third kappa shape index (κ3) is 5.64. The molecule has 0 bridgehead atoms. The Morgan fingerprint density at radius 1 is 1.53 bits per heavy atom. The van der Waals surface area contributed by atoms with Gasteiger partial charge in [0.25, 0.3) is 0 Å². The highest BCUT2D eigenvalue weighted by Crippen LogP contribution is 2.12. The Morgan fingerprint density at radius 2 is 2.07 bits per heavy atom. The molecule has 0 saturated heterocycles. The fourth-order valence-corrected chi connectivity index (χ4v) is 1.14. The van der Waals surface area contributed by atoms with Crippen molar-refractivity contribution in [2.75, 3.05) is 12.9 Å². The topological polar surface area (TPSA) is 75.6 Å². The van der Waals surface area contributed by atoms with Crippen molar-refractivity contribution in [2.24, 2.45) is 0 Å². The van der Waals surface area contributed by atoms with Gasteiger partial charge in [-0.1, -0.05) is 0 Å². The lowest BCUT2D eigenvalue weighted by atomic mass is 10.0. The molecule has 0 aromatic carbocycles. The van der Waals surface area contributed by atoms with Gasteiger partial charge in [0.1, 0.15) is 6.04 Å². The van der Waals surface area contributed by atoms with Crippen LogP contribution >= 0.6 is 12.6 Å². The standard InChI is InChI=1S/C9H17NO4S/c1-9(2,14-3)4-7(11)10-6(5-15)8(12)13/h6,15H,4-5H2,1-3H3,(H,10,11)(H,12,13)/t6-/m0/s1. The number of rotatable bonds is 6. The zero-order chi connectivity index (χ0) is 12.1. The summed E-state index contributed by atoms with van der Waals surface area (Å²) in [7, 11) is 1.50. The van der Waals surface area contributed by atoms with Crippen LogP contribution in [0.5, 0.6) is 0 Å². The van der Waals surface area contributed by atoms with E-state index in [1.807, 2.05) is 0 Å². The van der Waals surface area contributed by atoms with Crippen LogP contribution in [0, 0.1) is 0 Å². The highest BCUT2D eigenvalue weighted by Gasteiger charge is 2.24. The van der Waals surface area contributed by atoms with E-state index >= 15 is 0 Å². The number of aliphatic carboxylic acids is 1. The summed E-state index contributed by atoms with van der Waals surface area (Å²) in [5.74, 6) is -1.38. The van der Waals surface area contributed by atoms with E-state index in [2.05, 4.69) is 17.9 Å². The summed E-state index contributed by atoms with van der Waals surface area (Å²) in [5, 5.41) is 11.0. The predicted octanol–water partition coefficient (Wildman–Crippen LogP) is 0.301. The quantitative estimate of drug-likeness (QED) is 0.579. The molecule has 2 N–H and O–H groups in total. The van der Waals surface area contributed by atoms with Gasteiger partial charge in [-0.15, -0.1) is 0 Å². The molecule has 15 heavy (non-hydrogen) atoms. The van der Waals surface area contributed by atoms with Crippen molar-refractivity contribution < 1.29 is 19.4 Å². The van der Waals surface area contributed by atoms with Crippen molar-refractivity contribution in [3.8, 4) is 0 Å². The first-order valence-corrected chi connectivity index (χ1v) is 5.14. The van der Waals surface area contributed by atoms with Crippen molar-refractivity contribution in [1.29, 1.82) is 0 Å². The van der Waals surface area contributed by atoms with Crippen LogP contribution in [0.3, 0.4) is 0 Å². The minimum absolute atomic E-state index is 0.0640. The maximum absolute atomic E-state index is 11.4. The number of carbonyl (C=O) groups excluding carboxylic acids is 1. The normalized spacial score (nSPS) is 13.3. The number of carbonyl (C=O) groups is 2. The van der Waals surface area contributed by atoms with Crippen molar-refractivity contribution in [3.63, 3.8) is 0 Å². The van der Waals surface area contributed by atoms with Gasteiger partial charge >= 0.3 is 5.97 Å². The molecule has 1 amide bonds. The third-order valence-electron chi connectivity index (χ3n) is 1.95. The Bertz CT molecular complexity index is 242. The molecular formula is C9H17NO4S. The van der Waals surface area contributed by atoms with Gasteiger partial charge in [-0.25, -0.2) is 4.79 Å². The molecule has 0 heterocycles. The van der Waals surface area contributed by atoms with Gasteiger partial charge in [0.2, 0.25) is 5.91 Å². The number of thiol groups is 1. The van der Waals surface area contributed by atoms with E-state index in [1.54, 1.807) is 13.8 Å². The van der Waals surface area contributed by atoms with Gasteiger partial charge in [-0.05, 0) is 13.8 Å². The summed E-state index contributed by atoms with van der Waals surface area (Å²) >= 11 is 3.84. The molecule has 0 aromatic heterocycles. The summed E-state index contributed by atoms with van der Waals surface area (Å²) in [4.78, 5) is 22.0. The van der Waals surface area contributed by atoms with Crippen molar-refractivity contribution in [3.05, 3.63) is 0 Å². The molecular weight excluding hydrogens is 218 g/mol. The fourth-order valence-electron chi connectivity index (χ4n) is 0.890. The van der Waals surface area contributed by atoms with Crippen LogP contribution in [0.2, 0.25) is 0 Å². The smallest absolute Gasteiger partial charge is 0.327 e. The van der Waals surface area contributed by atoms with Crippen LogP contribution in [-0.2, 0) is 14.3 Å². The molecule has 0 aliphatic carbocycles. The number of nitrogens with one attached hydrogen (secondary N) is 1. The van der Waals surface area contributed by atoms with Crippen LogP contribution in [-0.4, -0.2) is 41.5 Å². The van der Waals surface area contributed by atoms with Crippen LogP contribution in [0.25, 0.3) is 0 Å². The molecule has 0 aliphatic rings. The first-order chi connectivity index (χ1) is 6.82. The summed E-state index contributed by atoms with van der Waals surface area (Å²) in [6.07, 6.45) is 0.112. The average Bonchev–Trinajstić information content (AvgIpc) is 2.13. The highest BCUT2D eigenvalue weighted by molar-refractivity contribution is 7.80. The van der Waals surface area contributed by atoms with Crippen LogP contribution in [0.4, 0.5) is 0 Å². The van der Waals surface area contributed by atoms with E-state index in [4.69, 9.17) is 9.84 Å². The predicted molar refractivity (Wildman–Crippen MR) is 59.1 cm³/mol. The average molecular weight is 235 g/mol. The molecule has 0 rings (SSSR count). The lowest BCUT2D eigenvalue weighted by Crippen LogP contribution is -2.44. The zero-order valence-corrected chi connectivity index (χ0v) is 10.0. The van der Waals surface area contributed by atoms with Crippen LogP contribution in [0.15, 0.2) is 0 Å². The number of hydrogen-bond donors (Lipinski definition) is 3. The van der Waals surface area contributed by atoms with Gasteiger partial charge in [-0.2, -0.15) is 12.6 Å². The first-order valence-electron chi connectivity index (χ1n) is 4.50. The zero-order valence-electron chi connectivity index (χ0n) is 9.11. The Morgan fingerprint density at radius 3 is 2.40 bits per heavy atom. The lowest BCUT2D eigenvalue weighted by molar-refractivity contribution is -0.142. The lowest BCUT2D eigenvalue weighted by Gasteiger charge is -2.23. The number of amides is 1. The SMILES string of the molecule is COC(C)(C)CC(=O)N[C@@H](CS)C(=O)O. The second-order valence-corrected chi connectivity index (χ2v) is 4.15. The summed E-state index contributed by atoms with van der Waals surface area (Å²) in [6, 6.07) is -0.950. The van der Waals surface area contributed by atoms with Crippen LogP contribution < -0.4 is 5.32 Å². The second-order valence-electron chi connectivity index (χ2n) is 3.78. The number of carboxylic acids is 1. The van der Waals surface area contributed by atoms with Gasteiger partial charge < -0.3 is 15.2 Å². The number of carboxylic acid groups (broad SMARTS) is 1. The Balaban J connectivity index is 4.19. The van der Waals surface area contributed by atoms with Crippen LogP contribution in [0.1, 0.15) is 20.3 Å². The molecule has 0 unspecified atom stereocenters. The minimum Gasteiger partial charge on any atom is -0.480 e. The van der Waals surface area contributed by atoms with Crippen molar-refractivity contribution >= 4 is 24.5 Å². The molecule has 88 valence electrons. The van der Waals surface area contributed by atoms with E-state index in [0.29, 0.717) is 0 Å². The summed E-state index contributed by atoms with van der Waals surface area (Å²) in [6.45, 7) is 3.51. The van der Waals surface area contributed by atoms with E-state index in [-0.39, 0.29) is 18.1 Å². The minimum atomic E-state index is -1.09. The molecule has 5 nitrogen and oxygen atoms in total. The van der Waals surface area contributed by atoms with Gasteiger partial charge in [-0.3, -0.25) is 4.79 Å². The molecule has 0 radical (unpaired) electrons. The molecule has 0 aliphatic heterocycles. The summed E-state index contributed by atoms with van der Waals surface area (Å²) < 4.78 is 5.06. The number of ether oxygens (including phenoxy) is 1. The number of methoxy groups -OCH3 is 1. The largest absolute Gasteiger partial charge is 0.480 e. The molecule has 0 fully saturated rings. The van der Waals surface area contributed by atoms with Gasteiger partial charge in [0, 0.05) is 12.9 Å². The van der Waals surface area contributed by atoms with E-state index in [9.17, 15) is 9.59 Å². The van der Waals surface area contributed by atoms with Gasteiger partial charge in [0.15, 0.2) is 0 Å². The fraction of sp³-hybridized carbons (Fsp3) is 0.778. The molecule has 6 heteroatoms. The van der Waals surface area contributed by atoms with E-state index < -0.39 is 17.6 Å². The van der Waals surface area contributed by atoms with E-state index in [0.717, 1.165) is 0 Å². The molecule has 0 spiro atoms. The first kappa shape index (κ1) is 14.2. The van der Waals surface area contributed by atoms with Crippen molar-refractivity contribution in [1.82, 2.24) is 5.32 Å². The maximum atomic E-state index is 11.4.